The number of carbonyl (C=O) groups excluding carboxylic acids is 1. The first-order valence-electron chi connectivity index (χ1n) is 13.2. The molecule has 0 atom stereocenters. The number of piperazine rings is 1. The molecule has 3 aromatic carbocycles. The van der Waals surface area contributed by atoms with Crippen LogP contribution in [0.15, 0.2) is 66.7 Å². The number of nitrogens with one attached hydrogen (secondary N) is 1. The van der Waals surface area contributed by atoms with E-state index in [1.807, 2.05) is 44.2 Å². The lowest BCUT2D eigenvalue weighted by Crippen LogP contribution is -2.46. The first kappa shape index (κ1) is 27.0. The summed E-state index contributed by atoms with van der Waals surface area (Å²) in [7, 11) is -3.85. The zero-order valence-electron chi connectivity index (χ0n) is 22.3. The molecular formula is C29H35N5O4S. The third-order valence-electron chi connectivity index (χ3n) is 7.00. The fourth-order valence-electron chi connectivity index (χ4n) is 5.28. The van der Waals surface area contributed by atoms with Gasteiger partial charge in [-0.25, -0.2) is 5.14 Å². The largest absolute Gasteiger partial charge is 0.489 e. The van der Waals surface area contributed by atoms with Crippen molar-refractivity contribution in [2.75, 3.05) is 47.2 Å². The van der Waals surface area contributed by atoms with E-state index in [-0.39, 0.29) is 12.0 Å². The van der Waals surface area contributed by atoms with Crippen molar-refractivity contribution in [3.8, 4) is 5.75 Å². The lowest BCUT2D eigenvalue weighted by atomic mass is 10.1. The van der Waals surface area contributed by atoms with Crippen molar-refractivity contribution in [1.82, 2.24) is 4.90 Å². The highest BCUT2D eigenvalue weighted by Crippen LogP contribution is 2.32. The molecule has 2 heterocycles. The Bertz CT molecular complexity index is 1450. The van der Waals surface area contributed by atoms with Crippen LogP contribution in [0, 0.1) is 0 Å². The van der Waals surface area contributed by atoms with Crippen molar-refractivity contribution in [2.24, 2.45) is 5.14 Å². The van der Waals surface area contributed by atoms with E-state index in [0.29, 0.717) is 24.2 Å². The third kappa shape index (κ3) is 6.52. The van der Waals surface area contributed by atoms with Gasteiger partial charge in [-0.2, -0.15) is 8.42 Å². The second-order valence-corrected chi connectivity index (χ2v) is 11.6. The van der Waals surface area contributed by atoms with Gasteiger partial charge in [-0.1, -0.05) is 24.3 Å². The number of amides is 1. The minimum Gasteiger partial charge on any atom is -0.489 e. The van der Waals surface area contributed by atoms with E-state index in [9.17, 15) is 13.2 Å². The Morgan fingerprint density at radius 1 is 0.949 bits per heavy atom. The van der Waals surface area contributed by atoms with E-state index >= 15 is 0 Å². The second-order valence-electron chi connectivity index (χ2n) is 10.3. The Balaban J connectivity index is 1.22. The molecule has 0 unspecified atom stereocenters. The topological polar surface area (TPSA) is 108 Å². The van der Waals surface area contributed by atoms with Crippen molar-refractivity contribution < 1.29 is 17.9 Å². The van der Waals surface area contributed by atoms with Gasteiger partial charge in [0.05, 0.1) is 17.5 Å². The number of ether oxygens (including phenoxy) is 1. The monoisotopic (exact) mass is 549 g/mol. The van der Waals surface area contributed by atoms with Gasteiger partial charge in [0.1, 0.15) is 5.75 Å². The molecule has 3 aromatic rings. The van der Waals surface area contributed by atoms with Crippen LogP contribution in [-0.4, -0.2) is 58.1 Å². The number of hydrogen-bond acceptors (Lipinski definition) is 6. The Kier molecular flexibility index (Phi) is 7.79. The molecule has 39 heavy (non-hydrogen) atoms. The number of rotatable bonds is 8. The summed E-state index contributed by atoms with van der Waals surface area (Å²) in [6.07, 6.45) is 0.775. The quantitative estimate of drug-likeness (QED) is 0.445. The van der Waals surface area contributed by atoms with Crippen LogP contribution in [0.1, 0.15) is 35.3 Å². The van der Waals surface area contributed by atoms with Crippen molar-refractivity contribution >= 4 is 33.2 Å². The summed E-state index contributed by atoms with van der Waals surface area (Å²) < 4.78 is 31.0. The summed E-state index contributed by atoms with van der Waals surface area (Å²) in [4.78, 5) is 20.0. The summed E-state index contributed by atoms with van der Waals surface area (Å²) in [6, 6.07) is 21.2. The molecule has 0 aromatic heterocycles. The lowest BCUT2D eigenvalue weighted by molar-refractivity contribution is 0.0989. The molecule has 0 radical (unpaired) electrons. The van der Waals surface area contributed by atoms with E-state index < -0.39 is 10.2 Å². The Morgan fingerprint density at radius 3 is 2.46 bits per heavy atom. The molecule has 0 bridgehead atoms. The molecule has 1 amide bonds. The number of fused-ring (bicyclic) bond motifs is 1. The van der Waals surface area contributed by atoms with Gasteiger partial charge in [0, 0.05) is 50.5 Å². The highest BCUT2D eigenvalue weighted by molar-refractivity contribution is 7.90. The van der Waals surface area contributed by atoms with Gasteiger partial charge in [0.2, 0.25) is 0 Å². The standard InChI is InChI=1S/C29H35N5O4S/c1-21(2)38-28-9-4-3-8-27(28)33-16-14-32(15-17-33)20-22-6-5-7-24(18-22)29(35)34-13-12-23-19-25(10-11-26(23)34)31-39(30,36)37/h3-11,18-19,21,31H,12-17,20H2,1-2H3,(H2,30,36,37). The average molecular weight is 550 g/mol. The molecular weight excluding hydrogens is 514 g/mol. The molecule has 10 heteroatoms. The fraction of sp³-hybridized carbons (Fsp3) is 0.345. The van der Waals surface area contributed by atoms with Gasteiger partial charge in [0.15, 0.2) is 0 Å². The molecule has 9 nitrogen and oxygen atoms in total. The summed E-state index contributed by atoms with van der Waals surface area (Å²) in [5.74, 6) is 0.863. The van der Waals surface area contributed by atoms with Crippen LogP contribution in [0.3, 0.4) is 0 Å². The van der Waals surface area contributed by atoms with E-state index in [4.69, 9.17) is 9.88 Å². The maximum atomic E-state index is 13.4. The van der Waals surface area contributed by atoms with Crippen LogP contribution in [0.5, 0.6) is 5.75 Å². The zero-order chi connectivity index (χ0) is 27.6. The molecule has 206 valence electrons. The van der Waals surface area contributed by atoms with Crippen molar-refractivity contribution in [3.63, 3.8) is 0 Å². The molecule has 3 N–H and O–H groups in total. The van der Waals surface area contributed by atoms with Crippen LogP contribution in [0.2, 0.25) is 0 Å². The highest BCUT2D eigenvalue weighted by atomic mass is 32.2. The van der Waals surface area contributed by atoms with Crippen molar-refractivity contribution in [2.45, 2.75) is 32.9 Å². The number of para-hydroxylation sites is 2. The number of nitrogens with two attached hydrogens (primary N) is 1. The predicted molar refractivity (Wildman–Crippen MR) is 155 cm³/mol. The minimum absolute atomic E-state index is 0.0608. The van der Waals surface area contributed by atoms with E-state index in [0.717, 1.165) is 61.0 Å². The number of anilines is 3. The lowest BCUT2D eigenvalue weighted by Gasteiger charge is -2.37. The number of carbonyl (C=O) groups is 1. The molecule has 0 spiro atoms. The number of hydrogen-bond donors (Lipinski definition) is 2. The Morgan fingerprint density at radius 2 is 1.72 bits per heavy atom. The minimum atomic E-state index is -3.85. The predicted octanol–water partition coefficient (Wildman–Crippen LogP) is 3.61. The normalized spacial score (nSPS) is 15.9. The van der Waals surface area contributed by atoms with Crippen LogP contribution >= 0.6 is 0 Å². The maximum Gasteiger partial charge on any atom is 0.296 e. The molecule has 2 aliphatic heterocycles. The molecule has 0 saturated carbocycles. The van der Waals surface area contributed by atoms with Crippen LogP contribution < -0.4 is 24.4 Å². The van der Waals surface area contributed by atoms with Crippen molar-refractivity contribution in [3.05, 3.63) is 83.4 Å². The highest BCUT2D eigenvalue weighted by Gasteiger charge is 2.27. The molecule has 1 saturated heterocycles. The SMILES string of the molecule is CC(C)Oc1ccccc1N1CCN(Cc2cccc(C(=O)N3CCc4cc(NS(N)(=O)=O)ccc43)c2)CC1. The van der Waals surface area contributed by atoms with Crippen LogP contribution in [0.4, 0.5) is 17.1 Å². The summed E-state index contributed by atoms with van der Waals surface area (Å²) in [5.41, 5.74) is 4.98. The van der Waals surface area contributed by atoms with Gasteiger partial charge >= 0.3 is 0 Å². The van der Waals surface area contributed by atoms with E-state index in [2.05, 4.69) is 32.7 Å². The number of nitrogens with zero attached hydrogens (tertiary/aromatic N) is 3. The smallest absolute Gasteiger partial charge is 0.296 e. The van der Waals surface area contributed by atoms with Gasteiger partial charge in [-0.3, -0.25) is 14.4 Å². The van der Waals surface area contributed by atoms with Gasteiger partial charge in [0.25, 0.3) is 16.1 Å². The third-order valence-corrected chi connectivity index (χ3v) is 7.52. The molecule has 5 rings (SSSR count). The number of benzene rings is 3. The summed E-state index contributed by atoms with van der Waals surface area (Å²) >= 11 is 0. The molecule has 0 aliphatic carbocycles. The van der Waals surface area contributed by atoms with E-state index in [1.54, 1.807) is 23.1 Å². The van der Waals surface area contributed by atoms with Crippen LogP contribution in [-0.2, 0) is 23.2 Å². The first-order chi connectivity index (χ1) is 18.7. The maximum absolute atomic E-state index is 13.4. The van der Waals surface area contributed by atoms with E-state index in [1.165, 1.54) is 0 Å². The summed E-state index contributed by atoms with van der Waals surface area (Å²) in [5, 5.41) is 5.09. The van der Waals surface area contributed by atoms with Crippen LogP contribution in [0.25, 0.3) is 0 Å². The molecule has 2 aliphatic rings. The summed E-state index contributed by atoms with van der Waals surface area (Å²) in [6.45, 7) is 9.06. The van der Waals surface area contributed by atoms with Crippen molar-refractivity contribution in [1.29, 1.82) is 0 Å². The Labute approximate surface area is 230 Å². The Hall–Kier alpha value is -3.60. The fourth-order valence-corrected chi connectivity index (χ4v) is 5.73. The zero-order valence-corrected chi connectivity index (χ0v) is 23.2. The van der Waals surface area contributed by atoms with Gasteiger partial charge in [-0.15, -0.1) is 0 Å². The van der Waals surface area contributed by atoms with Gasteiger partial charge < -0.3 is 14.5 Å². The average Bonchev–Trinajstić information content (AvgIpc) is 3.31. The molecule has 1 fully saturated rings. The first-order valence-corrected chi connectivity index (χ1v) is 14.8. The second kappa shape index (κ2) is 11.3. The van der Waals surface area contributed by atoms with Gasteiger partial charge in [-0.05, 0) is 73.9 Å².